The van der Waals surface area contributed by atoms with E-state index >= 15 is 0 Å². The SMILES string of the molecule is CC1=C2CC3=C(C(=O)C2NC(Cl)=C1)C(NCCc1ccccc1)C(O)C(C)(C)O3. The van der Waals surface area contributed by atoms with Crippen LogP contribution >= 0.6 is 11.6 Å². The van der Waals surface area contributed by atoms with E-state index in [1.165, 1.54) is 5.56 Å². The van der Waals surface area contributed by atoms with E-state index in [4.69, 9.17) is 16.3 Å². The average Bonchev–Trinajstić information content (AvgIpc) is 2.67. The molecule has 5 nitrogen and oxygen atoms in total. The fourth-order valence-corrected chi connectivity index (χ4v) is 4.66. The molecule has 3 aliphatic rings. The van der Waals surface area contributed by atoms with Crippen LogP contribution in [-0.2, 0) is 16.0 Å². The van der Waals surface area contributed by atoms with Crippen LogP contribution in [0.15, 0.2) is 64.0 Å². The van der Waals surface area contributed by atoms with Gasteiger partial charge >= 0.3 is 0 Å². The zero-order valence-electron chi connectivity index (χ0n) is 17.0. The van der Waals surface area contributed by atoms with Crippen molar-refractivity contribution in [2.75, 3.05) is 6.54 Å². The summed E-state index contributed by atoms with van der Waals surface area (Å²) in [6.45, 7) is 6.33. The molecule has 3 unspecified atom stereocenters. The summed E-state index contributed by atoms with van der Waals surface area (Å²) in [4.78, 5) is 13.4. The molecule has 2 aliphatic heterocycles. The molecule has 0 aromatic heterocycles. The van der Waals surface area contributed by atoms with Crippen LogP contribution in [-0.4, -0.2) is 41.2 Å². The first-order valence-corrected chi connectivity index (χ1v) is 10.4. The van der Waals surface area contributed by atoms with Crippen molar-refractivity contribution >= 4 is 17.4 Å². The van der Waals surface area contributed by atoms with Crippen LogP contribution in [0.5, 0.6) is 0 Å². The van der Waals surface area contributed by atoms with E-state index in [1.807, 2.05) is 45.0 Å². The molecule has 2 heterocycles. The second kappa shape index (κ2) is 7.63. The van der Waals surface area contributed by atoms with Crippen LogP contribution in [0, 0.1) is 0 Å². The molecule has 3 N–H and O–H groups in total. The van der Waals surface area contributed by atoms with Gasteiger partial charge in [-0.3, -0.25) is 4.79 Å². The molecule has 0 radical (unpaired) electrons. The Kier molecular flexibility index (Phi) is 5.32. The minimum atomic E-state index is -0.845. The van der Waals surface area contributed by atoms with Crippen molar-refractivity contribution in [2.45, 2.75) is 57.4 Å². The number of halogens is 1. The molecule has 1 aromatic carbocycles. The molecule has 3 atom stereocenters. The first-order valence-electron chi connectivity index (χ1n) is 10.0. The van der Waals surface area contributed by atoms with Crippen LogP contribution in [0.1, 0.15) is 32.8 Å². The number of aliphatic hydroxyl groups excluding tert-OH is 1. The normalized spacial score (nSPS) is 28.2. The number of allylic oxidation sites excluding steroid dienone is 3. The van der Waals surface area contributed by atoms with Crippen LogP contribution in [0.25, 0.3) is 0 Å². The van der Waals surface area contributed by atoms with Crippen molar-refractivity contribution < 1.29 is 14.6 Å². The minimum absolute atomic E-state index is 0.0846. The number of carbonyl (C=O) groups is 1. The molecule has 1 aromatic rings. The van der Waals surface area contributed by atoms with Gasteiger partial charge in [-0.05, 0) is 56.5 Å². The fourth-order valence-electron chi connectivity index (χ4n) is 4.39. The maximum absolute atomic E-state index is 13.4. The Balaban J connectivity index is 1.63. The van der Waals surface area contributed by atoms with Crippen molar-refractivity contribution in [3.05, 3.63) is 69.6 Å². The van der Waals surface area contributed by atoms with Crippen molar-refractivity contribution in [3.8, 4) is 0 Å². The number of aliphatic hydroxyl groups is 1. The molecule has 0 spiro atoms. The summed E-state index contributed by atoms with van der Waals surface area (Å²) in [6.07, 6.45) is 2.34. The number of nitrogens with one attached hydrogen (secondary N) is 2. The summed E-state index contributed by atoms with van der Waals surface area (Å²) in [7, 11) is 0. The van der Waals surface area contributed by atoms with Crippen molar-refractivity contribution in [2.24, 2.45) is 0 Å². The van der Waals surface area contributed by atoms with Crippen LogP contribution < -0.4 is 10.6 Å². The summed E-state index contributed by atoms with van der Waals surface area (Å²) in [5.41, 5.74) is 2.91. The lowest BCUT2D eigenvalue weighted by atomic mass is 9.75. The lowest BCUT2D eigenvalue weighted by Crippen LogP contribution is -2.60. The third-order valence-electron chi connectivity index (χ3n) is 6.01. The Labute approximate surface area is 176 Å². The highest BCUT2D eigenvalue weighted by Gasteiger charge is 2.50. The predicted molar refractivity (Wildman–Crippen MR) is 113 cm³/mol. The quantitative estimate of drug-likeness (QED) is 0.661. The third kappa shape index (κ3) is 3.75. The molecule has 0 saturated heterocycles. The zero-order valence-corrected chi connectivity index (χ0v) is 17.7. The molecular formula is C23H27ClN2O3. The molecule has 4 rings (SSSR count). The first-order chi connectivity index (χ1) is 13.8. The molecule has 0 fully saturated rings. The maximum Gasteiger partial charge on any atom is 0.190 e. The summed E-state index contributed by atoms with van der Waals surface area (Å²) >= 11 is 6.18. The summed E-state index contributed by atoms with van der Waals surface area (Å²) < 4.78 is 6.13. The Morgan fingerprint density at radius 3 is 2.76 bits per heavy atom. The summed E-state index contributed by atoms with van der Waals surface area (Å²) in [5.74, 6) is 0.569. The fraction of sp³-hybridized carbons (Fsp3) is 0.435. The number of hydrogen-bond acceptors (Lipinski definition) is 5. The Hall–Kier alpha value is -2.08. The Morgan fingerprint density at radius 1 is 1.31 bits per heavy atom. The lowest BCUT2D eigenvalue weighted by Gasteiger charge is -2.46. The third-order valence-corrected chi connectivity index (χ3v) is 6.22. The van der Waals surface area contributed by atoms with Crippen molar-refractivity contribution in [1.29, 1.82) is 0 Å². The molecule has 0 saturated carbocycles. The van der Waals surface area contributed by atoms with Crippen LogP contribution in [0.3, 0.4) is 0 Å². The number of rotatable bonds is 4. The summed E-state index contributed by atoms with van der Waals surface area (Å²) in [6, 6.07) is 9.17. The highest BCUT2D eigenvalue weighted by atomic mass is 35.5. The number of ketones is 1. The highest BCUT2D eigenvalue weighted by molar-refractivity contribution is 6.30. The van der Waals surface area contributed by atoms with Gasteiger partial charge in [-0.15, -0.1) is 0 Å². The van der Waals surface area contributed by atoms with Gasteiger partial charge in [0, 0.05) is 6.42 Å². The van der Waals surface area contributed by atoms with Crippen molar-refractivity contribution in [1.82, 2.24) is 10.6 Å². The molecular weight excluding hydrogens is 388 g/mol. The van der Waals surface area contributed by atoms with Gasteiger partial charge in [0.25, 0.3) is 0 Å². The number of Topliss-reactive ketones (excluding diaryl/α,β-unsaturated/α-hetero) is 1. The van der Waals surface area contributed by atoms with Gasteiger partial charge in [-0.1, -0.05) is 41.9 Å². The van der Waals surface area contributed by atoms with Gasteiger partial charge in [-0.25, -0.2) is 0 Å². The van der Waals surface area contributed by atoms with E-state index in [1.54, 1.807) is 0 Å². The number of ether oxygens (including phenoxy) is 1. The zero-order chi connectivity index (χ0) is 20.8. The smallest absolute Gasteiger partial charge is 0.190 e. The number of dihydropyridines is 1. The van der Waals surface area contributed by atoms with Gasteiger partial charge in [-0.2, -0.15) is 0 Å². The van der Waals surface area contributed by atoms with Gasteiger partial charge in [0.05, 0.1) is 11.6 Å². The largest absolute Gasteiger partial charge is 0.489 e. The molecule has 6 heteroatoms. The van der Waals surface area contributed by atoms with E-state index in [-0.39, 0.29) is 5.78 Å². The number of hydrogen-bond donors (Lipinski definition) is 3. The van der Waals surface area contributed by atoms with E-state index in [2.05, 4.69) is 22.8 Å². The number of benzene rings is 1. The average molecular weight is 415 g/mol. The van der Waals surface area contributed by atoms with Crippen LogP contribution in [0.4, 0.5) is 0 Å². The van der Waals surface area contributed by atoms with Crippen LogP contribution in [0.2, 0.25) is 0 Å². The monoisotopic (exact) mass is 414 g/mol. The lowest BCUT2D eigenvalue weighted by molar-refractivity contribution is -0.126. The van der Waals surface area contributed by atoms with E-state index in [0.29, 0.717) is 29.5 Å². The highest BCUT2D eigenvalue weighted by Crippen LogP contribution is 2.41. The van der Waals surface area contributed by atoms with E-state index in [0.717, 1.165) is 17.6 Å². The molecule has 0 bridgehead atoms. The number of carbonyl (C=O) groups excluding carboxylic acids is 1. The van der Waals surface area contributed by atoms with Gasteiger partial charge in [0.1, 0.15) is 28.7 Å². The first kappa shape index (κ1) is 20.2. The molecule has 1 aliphatic carbocycles. The molecule has 154 valence electrons. The van der Waals surface area contributed by atoms with Crippen molar-refractivity contribution in [3.63, 3.8) is 0 Å². The second-order valence-electron chi connectivity index (χ2n) is 8.47. The summed E-state index contributed by atoms with van der Waals surface area (Å²) in [5, 5.41) is 18.0. The van der Waals surface area contributed by atoms with E-state index in [9.17, 15) is 9.90 Å². The molecule has 29 heavy (non-hydrogen) atoms. The second-order valence-corrected chi connectivity index (χ2v) is 8.88. The Morgan fingerprint density at radius 2 is 2.03 bits per heavy atom. The van der Waals surface area contributed by atoms with E-state index < -0.39 is 23.8 Å². The molecule has 0 amide bonds. The Bertz CT molecular complexity index is 917. The number of fused-ring (bicyclic) bond motifs is 1. The predicted octanol–water partition coefficient (Wildman–Crippen LogP) is 2.95. The minimum Gasteiger partial charge on any atom is -0.489 e. The maximum atomic E-state index is 13.4. The topological polar surface area (TPSA) is 70.6 Å². The standard InChI is InChI=1S/C23H27ClN2O3/c1-13-11-17(24)26-19-15(13)12-16-18(21(19)27)20(22(28)23(2,3)29-16)25-10-9-14-7-5-4-6-8-14/h4-8,11,19-20,22,25-26,28H,9-10,12H2,1-3H3. The van der Waals surface area contributed by atoms with Gasteiger partial charge in [0.15, 0.2) is 5.78 Å². The van der Waals surface area contributed by atoms with Gasteiger partial charge in [0.2, 0.25) is 0 Å². The van der Waals surface area contributed by atoms with Gasteiger partial charge < -0.3 is 20.5 Å².